The zero-order chi connectivity index (χ0) is 12.1. The molecule has 0 aliphatic heterocycles. The molecule has 1 aromatic rings. The lowest BCUT2D eigenvalue weighted by Gasteiger charge is -2.27. The van der Waals surface area contributed by atoms with Crippen LogP contribution in [0.3, 0.4) is 0 Å². The van der Waals surface area contributed by atoms with Crippen LogP contribution in [0.4, 0.5) is 0 Å². The Labute approximate surface area is 104 Å². The molecule has 90 valence electrons. The van der Waals surface area contributed by atoms with Gasteiger partial charge in [0.15, 0.2) is 0 Å². The summed E-state index contributed by atoms with van der Waals surface area (Å²) < 4.78 is 5.18. The molecule has 1 fully saturated rings. The van der Waals surface area contributed by atoms with E-state index in [2.05, 4.69) is 18.1 Å². The van der Waals surface area contributed by atoms with Crippen molar-refractivity contribution in [2.75, 3.05) is 7.11 Å². The summed E-state index contributed by atoms with van der Waals surface area (Å²) in [6.45, 7) is 0. The highest BCUT2D eigenvalue weighted by atomic mass is 16.5. The highest BCUT2D eigenvalue weighted by Crippen LogP contribution is 2.36. The van der Waals surface area contributed by atoms with E-state index >= 15 is 0 Å². The van der Waals surface area contributed by atoms with Crippen molar-refractivity contribution in [3.05, 3.63) is 29.8 Å². The Morgan fingerprint density at radius 3 is 2.35 bits per heavy atom. The minimum atomic E-state index is 0.279. The predicted octanol–water partition coefficient (Wildman–Crippen LogP) is 3.99. The van der Waals surface area contributed by atoms with Crippen molar-refractivity contribution in [1.29, 1.82) is 0 Å². The zero-order valence-electron chi connectivity index (χ0n) is 10.5. The second-order valence-corrected chi connectivity index (χ2v) is 4.82. The smallest absolute Gasteiger partial charge is 0.118 e. The van der Waals surface area contributed by atoms with Gasteiger partial charge in [0.2, 0.25) is 0 Å². The molecule has 1 unspecified atom stereocenters. The quantitative estimate of drug-likeness (QED) is 0.711. The molecule has 0 saturated heterocycles. The first kappa shape index (κ1) is 12.0. The Kier molecular flexibility index (Phi) is 4.09. The van der Waals surface area contributed by atoms with Crippen LogP contribution < -0.4 is 4.74 Å². The van der Waals surface area contributed by atoms with Crippen LogP contribution in [0.25, 0.3) is 0 Å². The van der Waals surface area contributed by atoms with Crippen LogP contribution in [-0.4, -0.2) is 7.11 Å². The number of rotatable bonds is 3. The molecule has 1 nitrogen and oxygen atoms in total. The van der Waals surface area contributed by atoms with Crippen molar-refractivity contribution in [1.82, 2.24) is 0 Å². The van der Waals surface area contributed by atoms with E-state index < -0.39 is 0 Å². The van der Waals surface area contributed by atoms with Gasteiger partial charge in [-0.3, -0.25) is 0 Å². The van der Waals surface area contributed by atoms with Gasteiger partial charge in [0.1, 0.15) is 5.75 Å². The molecule has 1 aliphatic rings. The zero-order valence-corrected chi connectivity index (χ0v) is 10.5. The molecule has 1 atom stereocenters. The molecule has 17 heavy (non-hydrogen) atoms. The van der Waals surface area contributed by atoms with Gasteiger partial charge in [-0.2, -0.15) is 0 Å². The third-order valence-corrected chi connectivity index (χ3v) is 3.78. The SMILES string of the molecule is C#CC(c1ccc(OC)cc1)C1CCCCC1. The summed E-state index contributed by atoms with van der Waals surface area (Å²) >= 11 is 0. The first-order valence-electron chi connectivity index (χ1n) is 6.45. The van der Waals surface area contributed by atoms with Crippen LogP contribution in [0.5, 0.6) is 5.75 Å². The van der Waals surface area contributed by atoms with Crippen LogP contribution in [0, 0.1) is 18.3 Å². The maximum absolute atomic E-state index is 5.72. The second kappa shape index (κ2) is 5.77. The number of methoxy groups -OCH3 is 1. The normalized spacial score (nSPS) is 18.4. The largest absolute Gasteiger partial charge is 0.497 e. The van der Waals surface area contributed by atoms with Gasteiger partial charge in [-0.1, -0.05) is 37.3 Å². The van der Waals surface area contributed by atoms with Crippen molar-refractivity contribution >= 4 is 0 Å². The van der Waals surface area contributed by atoms with E-state index in [-0.39, 0.29) is 5.92 Å². The van der Waals surface area contributed by atoms with E-state index in [1.807, 2.05) is 12.1 Å². The van der Waals surface area contributed by atoms with Crippen molar-refractivity contribution in [3.8, 4) is 18.1 Å². The molecule has 0 spiro atoms. The molecule has 1 heteroatoms. The number of hydrogen-bond acceptors (Lipinski definition) is 1. The third kappa shape index (κ3) is 2.82. The van der Waals surface area contributed by atoms with E-state index in [1.165, 1.54) is 37.7 Å². The monoisotopic (exact) mass is 228 g/mol. The van der Waals surface area contributed by atoms with Crippen molar-refractivity contribution in [3.63, 3.8) is 0 Å². The van der Waals surface area contributed by atoms with Crippen LogP contribution in [0.1, 0.15) is 43.6 Å². The molecule has 2 rings (SSSR count). The lowest BCUT2D eigenvalue weighted by molar-refractivity contribution is 0.337. The minimum Gasteiger partial charge on any atom is -0.497 e. The van der Waals surface area contributed by atoms with E-state index in [4.69, 9.17) is 11.2 Å². The van der Waals surface area contributed by atoms with Crippen LogP contribution in [0.15, 0.2) is 24.3 Å². The average molecular weight is 228 g/mol. The summed E-state index contributed by atoms with van der Waals surface area (Å²) in [6.07, 6.45) is 12.3. The summed E-state index contributed by atoms with van der Waals surface area (Å²) in [5, 5.41) is 0. The summed E-state index contributed by atoms with van der Waals surface area (Å²) in [5.74, 6) is 4.83. The number of ether oxygens (including phenoxy) is 1. The van der Waals surface area contributed by atoms with Gasteiger partial charge in [0.25, 0.3) is 0 Å². The first-order valence-corrected chi connectivity index (χ1v) is 6.45. The molecular weight excluding hydrogens is 208 g/mol. The molecule has 1 aliphatic carbocycles. The second-order valence-electron chi connectivity index (χ2n) is 4.82. The molecule has 1 aromatic carbocycles. The van der Waals surface area contributed by atoms with Gasteiger partial charge in [-0.05, 0) is 36.5 Å². The molecule has 1 saturated carbocycles. The maximum atomic E-state index is 5.72. The van der Waals surface area contributed by atoms with Gasteiger partial charge in [0.05, 0.1) is 7.11 Å². The van der Waals surface area contributed by atoms with Crippen LogP contribution in [0.2, 0.25) is 0 Å². The van der Waals surface area contributed by atoms with Gasteiger partial charge >= 0.3 is 0 Å². The van der Waals surface area contributed by atoms with Gasteiger partial charge in [-0.15, -0.1) is 6.42 Å². The van der Waals surface area contributed by atoms with Crippen LogP contribution in [-0.2, 0) is 0 Å². The predicted molar refractivity (Wildman–Crippen MR) is 71.1 cm³/mol. The molecule has 0 heterocycles. The molecular formula is C16H20O. The molecule has 0 radical (unpaired) electrons. The summed E-state index contributed by atoms with van der Waals surface area (Å²) in [5.41, 5.74) is 1.26. The standard InChI is InChI=1S/C16H20O/c1-3-16(13-7-5-4-6-8-13)14-9-11-15(17-2)12-10-14/h1,9-13,16H,4-8H2,2H3. The molecule has 0 bridgehead atoms. The van der Waals surface area contributed by atoms with E-state index in [1.54, 1.807) is 7.11 Å². The fourth-order valence-corrected chi connectivity index (χ4v) is 2.78. The Bertz CT molecular complexity index is 379. The molecule has 0 amide bonds. The number of terminal acetylenes is 1. The summed E-state index contributed by atoms with van der Waals surface area (Å²) in [7, 11) is 1.69. The Morgan fingerprint density at radius 1 is 1.18 bits per heavy atom. The van der Waals surface area contributed by atoms with Gasteiger partial charge < -0.3 is 4.74 Å². The highest BCUT2D eigenvalue weighted by molar-refractivity contribution is 5.33. The summed E-state index contributed by atoms with van der Waals surface area (Å²) in [6, 6.07) is 8.22. The lowest BCUT2D eigenvalue weighted by Crippen LogP contribution is -2.15. The van der Waals surface area contributed by atoms with E-state index in [9.17, 15) is 0 Å². The Hall–Kier alpha value is -1.42. The Balaban J connectivity index is 2.13. The van der Waals surface area contributed by atoms with Crippen molar-refractivity contribution in [2.45, 2.75) is 38.0 Å². The molecule has 0 aromatic heterocycles. The van der Waals surface area contributed by atoms with E-state index in [0.29, 0.717) is 5.92 Å². The third-order valence-electron chi connectivity index (χ3n) is 3.78. The summed E-state index contributed by atoms with van der Waals surface area (Å²) in [4.78, 5) is 0. The highest BCUT2D eigenvalue weighted by Gasteiger charge is 2.23. The lowest BCUT2D eigenvalue weighted by atomic mass is 9.77. The minimum absolute atomic E-state index is 0.279. The van der Waals surface area contributed by atoms with Gasteiger partial charge in [0, 0.05) is 5.92 Å². The molecule has 0 N–H and O–H groups in total. The number of benzene rings is 1. The van der Waals surface area contributed by atoms with Gasteiger partial charge in [-0.25, -0.2) is 0 Å². The first-order chi connectivity index (χ1) is 8.35. The van der Waals surface area contributed by atoms with Crippen molar-refractivity contribution in [2.24, 2.45) is 5.92 Å². The van der Waals surface area contributed by atoms with E-state index in [0.717, 1.165) is 5.75 Å². The maximum Gasteiger partial charge on any atom is 0.118 e. The number of hydrogen-bond donors (Lipinski definition) is 0. The topological polar surface area (TPSA) is 9.23 Å². The fraction of sp³-hybridized carbons (Fsp3) is 0.500. The van der Waals surface area contributed by atoms with Crippen LogP contribution >= 0.6 is 0 Å². The Morgan fingerprint density at radius 2 is 1.82 bits per heavy atom. The average Bonchev–Trinajstić information content (AvgIpc) is 2.42. The fourth-order valence-electron chi connectivity index (χ4n) is 2.78. The van der Waals surface area contributed by atoms with Crippen molar-refractivity contribution < 1.29 is 4.74 Å².